The van der Waals surface area contributed by atoms with Gasteiger partial charge in [-0.3, -0.25) is 24.2 Å². The summed E-state index contributed by atoms with van der Waals surface area (Å²) in [5.74, 6) is -2.04. The predicted molar refractivity (Wildman–Crippen MR) is 183 cm³/mol. The van der Waals surface area contributed by atoms with Gasteiger partial charge in [-0.25, -0.2) is 0 Å². The standard InChI is InChI=1S/C33H43N7O3.C2H4O2/c1-40(2)21-20-36-29(41)22-24-15-17-25(18-16-24)23-38-31(42)28(14-9-19-37-33(34)35)39-32(43)30(26-10-5-3-6-11-26)27-12-7-4-8-13-27;1-2(3)4/h3-8,10-13,15-18,28,30H,9,14,19-23H2,1-2H3,(H,36,41)(H,38,42)(H,39,43)(H4,34,35,37);1H3,(H,3,4)/t28-;/m1./s1. The topological polar surface area (TPSA) is 192 Å². The molecule has 12 nitrogen and oxygen atoms in total. The SMILES string of the molecule is CC(=O)O.CN(C)CCNC(=O)Cc1ccc(CNC(=O)[C@@H](CCCN=C(N)N)NC(=O)C(c2ccccc2)c2ccccc2)cc1. The predicted octanol–water partition coefficient (Wildman–Crippen LogP) is 1.98. The number of aliphatic imine (C=N–C) groups is 1. The van der Waals surface area contributed by atoms with Crippen molar-refractivity contribution < 1.29 is 24.3 Å². The van der Waals surface area contributed by atoms with E-state index in [9.17, 15) is 14.4 Å². The summed E-state index contributed by atoms with van der Waals surface area (Å²) in [4.78, 5) is 54.3. The molecular formula is C35H47N7O5. The summed E-state index contributed by atoms with van der Waals surface area (Å²) in [6, 6.07) is 25.7. The van der Waals surface area contributed by atoms with Gasteiger partial charge < -0.3 is 37.4 Å². The maximum atomic E-state index is 13.7. The molecule has 47 heavy (non-hydrogen) atoms. The molecule has 3 aromatic carbocycles. The van der Waals surface area contributed by atoms with Crippen molar-refractivity contribution >= 4 is 29.7 Å². The number of aliphatic carboxylic acids is 1. The molecule has 3 aromatic rings. The number of carboxylic acid groups (broad SMARTS) is 1. The molecule has 0 fully saturated rings. The van der Waals surface area contributed by atoms with Gasteiger partial charge >= 0.3 is 0 Å². The Hall–Kier alpha value is -5.23. The Kier molecular flexibility index (Phi) is 16.7. The van der Waals surface area contributed by atoms with E-state index in [1.165, 1.54) is 0 Å². The van der Waals surface area contributed by atoms with Crippen LogP contribution in [0.4, 0.5) is 0 Å². The second-order valence-corrected chi connectivity index (χ2v) is 11.1. The molecule has 12 heteroatoms. The van der Waals surface area contributed by atoms with Gasteiger partial charge in [-0.2, -0.15) is 0 Å². The van der Waals surface area contributed by atoms with Crippen LogP contribution in [0.2, 0.25) is 0 Å². The molecule has 0 saturated heterocycles. The Morgan fingerprint density at radius 3 is 1.85 bits per heavy atom. The zero-order valence-corrected chi connectivity index (χ0v) is 27.3. The fourth-order valence-corrected chi connectivity index (χ4v) is 4.57. The molecule has 1 atom stereocenters. The van der Waals surface area contributed by atoms with Crippen molar-refractivity contribution in [2.24, 2.45) is 16.5 Å². The lowest BCUT2D eigenvalue weighted by Gasteiger charge is -2.23. The van der Waals surface area contributed by atoms with Crippen LogP contribution in [0.1, 0.15) is 47.9 Å². The summed E-state index contributed by atoms with van der Waals surface area (Å²) in [5, 5.41) is 16.3. The number of nitrogens with zero attached hydrogens (tertiary/aromatic N) is 2. The number of amides is 3. The van der Waals surface area contributed by atoms with Crippen LogP contribution in [-0.2, 0) is 32.1 Å². The Labute approximate surface area is 276 Å². The molecule has 0 saturated carbocycles. The second kappa shape index (κ2) is 20.7. The van der Waals surface area contributed by atoms with E-state index < -0.39 is 17.9 Å². The van der Waals surface area contributed by atoms with Crippen LogP contribution in [0.25, 0.3) is 0 Å². The van der Waals surface area contributed by atoms with Crippen molar-refractivity contribution in [3.8, 4) is 0 Å². The third-order valence-electron chi connectivity index (χ3n) is 6.84. The maximum absolute atomic E-state index is 13.7. The molecule has 0 heterocycles. The van der Waals surface area contributed by atoms with Gasteiger partial charge in [0.05, 0.1) is 12.3 Å². The molecule has 252 valence electrons. The molecule has 0 spiro atoms. The Morgan fingerprint density at radius 1 is 0.809 bits per heavy atom. The first kappa shape index (κ1) is 38.0. The summed E-state index contributed by atoms with van der Waals surface area (Å²) in [6.45, 7) is 3.07. The van der Waals surface area contributed by atoms with Gasteiger partial charge in [0.2, 0.25) is 17.7 Å². The van der Waals surface area contributed by atoms with Crippen molar-refractivity contribution in [2.75, 3.05) is 33.7 Å². The van der Waals surface area contributed by atoms with Crippen molar-refractivity contribution in [3.63, 3.8) is 0 Å². The number of carbonyl (C=O) groups excluding carboxylic acids is 3. The minimum absolute atomic E-state index is 0.0206. The Morgan fingerprint density at radius 2 is 1.34 bits per heavy atom. The van der Waals surface area contributed by atoms with Crippen LogP contribution in [0, 0.1) is 0 Å². The first-order chi connectivity index (χ1) is 22.5. The van der Waals surface area contributed by atoms with Crippen LogP contribution < -0.4 is 27.4 Å². The minimum Gasteiger partial charge on any atom is -0.481 e. The van der Waals surface area contributed by atoms with Crippen molar-refractivity contribution in [1.82, 2.24) is 20.9 Å². The summed E-state index contributed by atoms with van der Waals surface area (Å²) >= 11 is 0. The first-order valence-corrected chi connectivity index (χ1v) is 15.4. The van der Waals surface area contributed by atoms with Gasteiger partial charge in [0.1, 0.15) is 6.04 Å². The summed E-state index contributed by atoms with van der Waals surface area (Å²) in [5.41, 5.74) is 14.3. The summed E-state index contributed by atoms with van der Waals surface area (Å²) in [7, 11) is 3.91. The third kappa shape index (κ3) is 15.6. The van der Waals surface area contributed by atoms with Gasteiger partial charge in [-0.05, 0) is 49.2 Å². The highest BCUT2D eigenvalue weighted by Gasteiger charge is 2.27. The van der Waals surface area contributed by atoms with E-state index in [0.29, 0.717) is 25.9 Å². The largest absolute Gasteiger partial charge is 0.481 e. The Balaban J connectivity index is 0.00000181. The average molecular weight is 646 g/mol. The molecule has 0 aromatic heterocycles. The number of nitrogens with one attached hydrogen (secondary N) is 3. The molecule has 0 aliphatic heterocycles. The lowest BCUT2D eigenvalue weighted by Crippen LogP contribution is -2.48. The molecule has 0 bridgehead atoms. The number of carboxylic acids is 1. The van der Waals surface area contributed by atoms with Gasteiger partial charge in [0, 0.05) is 33.1 Å². The van der Waals surface area contributed by atoms with Crippen LogP contribution >= 0.6 is 0 Å². The number of carbonyl (C=O) groups is 4. The molecule has 8 N–H and O–H groups in total. The monoisotopic (exact) mass is 645 g/mol. The third-order valence-corrected chi connectivity index (χ3v) is 6.84. The number of hydrogen-bond acceptors (Lipinski definition) is 6. The smallest absolute Gasteiger partial charge is 0.300 e. The van der Waals surface area contributed by atoms with E-state index in [1.54, 1.807) is 0 Å². The highest BCUT2D eigenvalue weighted by molar-refractivity contribution is 5.92. The van der Waals surface area contributed by atoms with Gasteiger partial charge in [-0.15, -0.1) is 0 Å². The first-order valence-electron chi connectivity index (χ1n) is 15.4. The van der Waals surface area contributed by atoms with E-state index in [0.717, 1.165) is 35.7 Å². The fraction of sp³-hybridized carbons (Fsp3) is 0.343. The molecule has 0 radical (unpaired) electrons. The van der Waals surface area contributed by atoms with Crippen LogP contribution in [0.15, 0.2) is 89.9 Å². The number of likely N-dealkylation sites (N-methyl/N-ethyl adjacent to an activating group) is 1. The van der Waals surface area contributed by atoms with Gasteiger partial charge in [0.15, 0.2) is 5.96 Å². The molecule has 3 rings (SSSR count). The number of benzene rings is 3. The van der Waals surface area contributed by atoms with E-state index in [4.69, 9.17) is 21.4 Å². The van der Waals surface area contributed by atoms with Gasteiger partial charge in [0.25, 0.3) is 5.97 Å². The minimum atomic E-state index is -0.833. The lowest BCUT2D eigenvalue weighted by atomic mass is 9.90. The van der Waals surface area contributed by atoms with Crippen molar-refractivity contribution in [1.29, 1.82) is 0 Å². The van der Waals surface area contributed by atoms with E-state index in [1.807, 2.05) is 104 Å². The van der Waals surface area contributed by atoms with Gasteiger partial charge in [-0.1, -0.05) is 84.9 Å². The average Bonchev–Trinajstić information content (AvgIpc) is 3.02. The normalized spacial score (nSPS) is 11.1. The number of hydrogen-bond donors (Lipinski definition) is 6. The van der Waals surface area contributed by atoms with Crippen molar-refractivity contribution in [2.45, 2.75) is 44.7 Å². The lowest BCUT2D eigenvalue weighted by molar-refractivity contribution is -0.134. The molecule has 0 aliphatic carbocycles. The quantitative estimate of drug-likeness (QED) is 0.0774. The zero-order chi connectivity index (χ0) is 34.6. The fourth-order valence-electron chi connectivity index (χ4n) is 4.57. The molecule has 0 unspecified atom stereocenters. The van der Waals surface area contributed by atoms with E-state index in [2.05, 4.69) is 20.9 Å². The second-order valence-electron chi connectivity index (χ2n) is 11.1. The summed E-state index contributed by atoms with van der Waals surface area (Å²) < 4.78 is 0. The van der Waals surface area contributed by atoms with Crippen molar-refractivity contribution in [3.05, 3.63) is 107 Å². The maximum Gasteiger partial charge on any atom is 0.300 e. The van der Waals surface area contributed by atoms with Crippen LogP contribution in [0.5, 0.6) is 0 Å². The van der Waals surface area contributed by atoms with Crippen LogP contribution in [-0.4, -0.2) is 79.4 Å². The number of guanidine groups is 1. The number of nitrogens with two attached hydrogens (primary N) is 2. The van der Waals surface area contributed by atoms with Crippen LogP contribution in [0.3, 0.4) is 0 Å². The highest BCUT2D eigenvalue weighted by atomic mass is 16.4. The summed E-state index contributed by atoms with van der Waals surface area (Å²) in [6.07, 6.45) is 1.14. The van der Waals surface area contributed by atoms with E-state index in [-0.39, 0.29) is 36.6 Å². The molecule has 3 amide bonds. The molecule has 0 aliphatic rings. The van der Waals surface area contributed by atoms with E-state index >= 15 is 0 Å². The number of rotatable bonds is 16. The highest BCUT2D eigenvalue weighted by Crippen LogP contribution is 2.25. The Bertz CT molecular complexity index is 1380. The molecular weight excluding hydrogens is 598 g/mol. The zero-order valence-electron chi connectivity index (χ0n) is 27.3.